The molecule has 2 heterocycles. The van der Waals surface area contributed by atoms with Gasteiger partial charge in [-0.2, -0.15) is 5.10 Å². The van der Waals surface area contributed by atoms with Crippen molar-refractivity contribution in [3.8, 4) is 0 Å². The largest absolute Gasteiger partial charge is 0.356 e. The second kappa shape index (κ2) is 7.47. The highest BCUT2D eigenvalue weighted by molar-refractivity contribution is 5.84. The van der Waals surface area contributed by atoms with E-state index >= 15 is 0 Å². The van der Waals surface area contributed by atoms with Crippen molar-refractivity contribution in [3.63, 3.8) is 0 Å². The number of carbonyl (C=O) groups is 2. The lowest BCUT2D eigenvalue weighted by atomic mass is 9.96. The summed E-state index contributed by atoms with van der Waals surface area (Å²) in [6, 6.07) is 5.90. The number of aromatic nitrogens is 2. The highest BCUT2D eigenvalue weighted by Crippen LogP contribution is 2.19. The molecular weight excluding hydrogens is 304 g/mol. The van der Waals surface area contributed by atoms with Gasteiger partial charge in [0.05, 0.1) is 24.1 Å². The molecule has 24 heavy (non-hydrogen) atoms. The van der Waals surface area contributed by atoms with Crippen LogP contribution in [-0.2, 0) is 16.0 Å². The lowest BCUT2D eigenvalue weighted by molar-refractivity contribution is -0.135. The molecule has 1 aromatic heterocycles. The Kier molecular flexibility index (Phi) is 5.13. The molecule has 1 atom stereocenters. The quantitative estimate of drug-likeness (QED) is 0.879. The molecule has 0 bridgehead atoms. The van der Waals surface area contributed by atoms with Gasteiger partial charge in [0.25, 0.3) is 0 Å². The van der Waals surface area contributed by atoms with Crippen LogP contribution in [0.2, 0.25) is 0 Å². The number of aromatic amines is 1. The first-order valence-electron chi connectivity index (χ1n) is 8.65. The average molecular weight is 328 g/mol. The van der Waals surface area contributed by atoms with E-state index < -0.39 is 0 Å². The summed E-state index contributed by atoms with van der Waals surface area (Å²) in [6.07, 6.45) is 4.80. The Bertz CT molecular complexity index is 725. The summed E-state index contributed by atoms with van der Waals surface area (Å²) in [4.78, 5) is 26.6. The highest BCUT2D eigenvalue weighted by Gasteiger charge is 2.28. The zero-order chi connectivity index (χ0) is 16.9. The Balaban J connectivity index is 1.60. The van der Waals surface area contributed by atoms with Crippen molar-refractivity contribution in [2.45, 2.75) is 32.6 Å². The Hall–Kier alpha value is -2.37. The predicted molar refractivity (Wildman–Crippen MR) is 92.4 cm³/mol. The van der Waals surface area contributed by atoms with E-state index in [9.17, 15) is 9.59 Å². The zero-order valence-corrected chi connectivity index (χ0v) is 14.0. The summed E-state index contributed by atoms with van der Waals surface area (Å²) < 4.78 is 0. The van der Waals surface area contributed by atoms with Crippen LogP contribution >= 0.6 is 0 Å². The molecule has 2 amide bonds. The molecule has 1 aliphatic heterocycles. The van der Waals surface area contributed by atoms with Crippen molar-refractivity contribution in [1.29, 1.82) is 0 Å². The Morgan fingerprint density at radius 3 is 3.12 bits per heavy atom. The van der Waals surface area contributed by atoms with E-state index in [0.29, 0.717) is 19.5 Å². The molecule has 1 aliphatic rings. The predicted octanol–water partition coefficient (Wildman–Crippen LogP) is 1.87. The van der Waals surface area contributed by atoms with Crippen LogP contribution in [0.1, 0.15) is 31.7 Å². The van der Waals surface area contributed by atoms with Crippen molar-refractivity contribution < 1.29 is 9.59 Å². The number of carbonyl (C=O) groups excluding carboxylic acids is 2. The molecule has 128 valence electrons. The van der Waals surface area contributed by atoms with Gasteiger partial charge in [0.1, 0.15) is 0 Å². The minimum atomic E-state index is -0.0793. The molecule has 3 rings (SSSR count). The van der Waals surface area contributed by atoms with Crippen molar-refractivity contribution in [2.24, 2.45) is 5.92 Å². The number of hydrogen-bond acceptors (Lipinski definition) is 3. The van der Waals surface area contributed by atoms with Crippen LogP contribution in [0.25, 0.3) is 10.9 Å². The Morgan fingerprint density at radius 1 is 1.42 bits per heavy atom. The Morgan fingerprint density at radius 2 is 2.29 bits per heavy atom. The molecule has 0 saturated carbocycles. The summed E-state index contributed by atoms with van der Waals surface area (Å²) in [7, 11) is 0. The highest BCUT2D eigenvalue weighted by atomic mass is 16.2. The maximum Gasteiger partial charge on any atom is 0.227 e. The van der Waals surface area contributed by atoms with Gasteiger partial charge in [0.2, 0.25) is 11.8 Å². The van der Waals surface area contributed by atoms with Gasteiger partial charge in [-0.05, 0) is 30.9 Å². The fourth-order valence-electron chi connectivity index (χ4n) is 3.19. The van der Waals surface area contributed by atoms with Crippen LogP contribution < -0.4 is 5.32 Å². The van der Waals surface area contributed by atoms with E-state index in [1.165, 1.54) is 0 Å². The van der Waals surface area contributed by atoms with E-state index in [2.05, 4.69) is 15.5 Å². The van der Waals surface area contributed by atoms with Crippen LogP contribution in [-0.4, -0.2) is 46.5 Å². The average Bonchev–Trinajstić information content (AvgIpc) is 3.07. The molecular formula is C18H24N4O2. The van der Waals surface area contributed by atoms with Crippen LogP contribution in [0.15, 0.2) is 24.4 Å². The number of amides is 2. The van der Waals surface area contributed by atoms with E-state index in [-0.39, 0.29) is 17.7 Å². The number of piperidine rings is 1. The van der Waals surface area contributed by atoms with Gasteiger partial charge < -0.3 is 10.2 Å². The van der Waals surface area contributed by atoms with Crippen molar-refractivity contribution in [3.05, 3.63) is 30.0 Å². The molecule has 1 fully saturated rings. The number of H-pyrrole nitrogens is 1. The summed E-state index contributed by atoms with van der Waals surface area (Å²) in [5.74, 6) is 0.0828. The maximum absolute atomic E-state index is 12.6. The van der Waals surface area contributed by atoms with Crippen molar-refractivity contribution >= 4 is 22.7 Å². The summed E-state index contributed by atoms with van der Waals surface area (Å²) in [5, 5.41) is 10.9. The molecule has 2 N–H and O–H groups in total. The minimum absolute atomic E-state index is 0.0771. The van der Waals surface area contributed by atoms with E-state index in [0.717, 1.165) is 42.3 Å². The lowest BCUT2D eigenvalue weighted by Crippen LogP contribution is -2.46. The first-order valence-corrected chi connectivity index (χ1v) is 8.65. The molecule has 1 saturated heterocycles. The molecule has 1 aromatic carbocycles. The monoisotopic (exact) mass is 328 g/mol. The second-order valence-corrected chi connectivity index (χ2v) is 6.44. The van der Waals surface area contributed by atoms with Gasteiger partial charge in [-0.1, -0.05) is 19.1 Å². The molecule has 0 aliphatic carbocycles. The Labute approximate surface area is 141 Å². The summed E-state index contributed by atoms with van der Waals surface area (Å²) in [5.41, 5.74) is 1.91. The smallest absolute Gasteiger partial charge is 0.227 e. The SMILES string of the molecule is CCCNC(=O)C1CCCN(C(=O)Cc2ccc3cn[nH]c3c2)C1. The van der Waals surface area contributed by atoms with Crippen LogP contribution in [0.5, 0.6) is 0 Å². The van der Waals surface area contributed by atoms with Crippen LogP contribution in [0.3, 0.4) is 0 Å². The molecule has 1 unspecified atom stereocenters. The second-order valence-electron chi connectivity index (χ2n) is 6.44. The zero-order valence-electron chi connectivity index (χ0n) is 14.0. The van der Waals surface area contributed by atoms with Gasteiger partial charge >= 0.3 is 0 Å². The topological polar surface area (TPSA) is 78.1 Å². The van der Waals surface area contributed by atoms with Gasteiger partial charge in [-0.3, -0.25) is 14.7 Å². The van der Waals surface area contributed by atoms with Gasteiger partial charge in [-0.25, -0.2) is 0 Å². The minimum Gasteiger partial charge on any atom is -0.356 e. The number of fused-ring (bicyclic) bond motifs is 1. The van der Waals surface area contributed by atoms with E-state index in [1.807, 2.05) is 30.0 Å². The first kappa shape index (κ1) is 16.5. The number of benzene rings is 1. The van der Waals surface area contributed by atoms with Gasteiger partial charge in [-0.15, -0.1) is 0 Å². The first-order chi connectivity index (χ1) is 11.7. The summed E-state index contributed by atoms with van der Waals surface area (Å²) >= 11 is 0. The van der Waals surface area contributed by atoms with Crippen LogP contribution in [0.4, 0.5) is 0 Å². The van der Waals surface area contributed by atoms with Crippen molar-refractivity contribution in [1.82, 2.24) is 20.4 Å². The number of rotatable bonds is 5. The fraction of sp³-hybridized carbons (Fsp3) is 0.500. The van der Waals surface area contributed by atoms with Gasteiger partial charge in [0, 0.05) is 25.0 Å². The number of likely N-dealkylation sites (tertiary alicyclic amines) is 1. The number of hydrogen-bond donors (Lipinski definition) is 2. The van der Waals surface area contributed by atoms with Crippen LogP contribution in [0, 0.1) is 5.92 Å². The maximum atomic E-state index is 12.6. The summed E-state index contributed by atoms with van der Waals surface area (Å²) in [6.45, 7) is 4.00. The number of nitrogens with one attached hydrogen (secondary N) is 2. The molecule has 6 nitrogen and oxygen atoms in total. The normalized spacial score (nSPS) is 17.9. The lowest BCUT2D eigenvalue weighted by Gasteiger charge is -2.32. The molecule has 6 heteroatoms. The third-order valence-electron chi connectivity index (χ3n) is 4.56. The molecule has 0 radical (unpaired) electrons. The van der Waals surface area contributed by atoms with Gasteiger partial charge in [0.15, 0.2) is 0 Å². The molecule has 2 aromatic rings. The third kappa shape index (κ3) is 3.75. The van der Waals surface area contributed by atoms with E-state index in [1.54, 1.807) is 6.20 Å². The van der Waals surface area contributed by atoms with E-state index in [4.69, 9.17) is 0 Å². The standard InChI is InChI=1S/C18H24N4O2/c1-2-7-19-18(24)15-4-3-8-22(12-15)17(23)10-13-5-6-14-11-20-21-16(14)9-13/h5-6,9,11,15H,2-4,7-8,10,12H2,1H3,(H,19,24)(H,20,21). The third-order valence-corrected chi connectivity index (χ3v) is 4.56. The number of nitrogens with zero attached hydrogens (tertiary/aromatic N) is 2. The van der Waals surface area contributed by atoms with Crippen molar-refractivity contribution in [2.75, 3.05) is 19.6 Å². The molecule has 0 spiro atoms. The fourth-order valence-corrected chi connectivity index (χ4v) is 3.19.